The van der Waals surface area contributed by atoms with E-state index in [1.54, 1.807) is 0 Å². The minimum absolute atomic E-state index is 0.0987. The lowest BCUT2D eigenvalue weighted by Crippen LogP contribution is -2.45. The number of carbonyl (C=O) groups excluding carboxylic acids is 1. The van der Waals surface area contributed by atoms with Gasteiger partial charge in [-0.3, -0.25) is 0 Å². The second-order valence-corrected chi connectivity index (χ2v) is 2.34. The van der Waals surface area contributed by atoms with Gasteiger partial charge in [-0.1, -0.05) is 6.92 Å². The van der Waals surface area contributed by atoms with Crippen molar-refractivity contribution in [1.29, 1.82) is 0 Å². The number of carbonyl (C=O) groups is 1. The lowest BCUT2D eigenvalue weighted by Gasteiger charge is -2.14. The molecule has 0 aliphatic heterocycles. The summed E-state index contributed by atoms with van der Waals surface area (Å²) < 4.78 is 0. The Labute approximate surface area is 67.5 Å². The van der Waals surface area contributed by atoms with E-state index in [4.69, 9.17) is 5.73 Å². The van der Waals surface area contributed by atoms with Crippen LogP contribution in [0, 0.1) is 0 Å². The third kappa shape index (κ3) is 4.61. The molecule has 0 spiro atoms. The topological polar surface area (TPSA) is 67.2 Å². The van der Waals surface area contributed by atoms with Gasteiger partial charge in [-0.05, 0) is 13.3 Å². The third-order valence-corrected chi connectivity index (χ3v) is 1.45. The van der Waals surface area contributed by atoms with Gasteiger partial charge < -0.3 is 16.4 Å². The fourth-order valence-electron chi connectivity index (χ4n) is 0.725. The third-order valence-electron chi connectivity index (χ3n) is 1.45. The maximum atomic E-state index is 10.9. The van der Waals surface area contributed by atoms with Crippen molar-refractivity contribution in [2.75, 3.05) is 13.1 Å². The van der Waals surface area contributed by atoms with Crippen LogP contribution in [0.3, 0.4) is 0 Å². The predicted octanol–water partition coefficient (Wildman–Crippen LogP) is 0.0428. The monoisotopic (exact) mass is 159 g/mol. The van der Waals surface area contributed by atoms with Crippen molar-refractivity contribution in [2.45, 2.75) is 26.3 Å². The zero-order chi connectivity index (χ0) is 8.69. The van der Waals surface area contributed by atoms with E-state index in [-0.39, 0.29) is 12.1 Å². The number of urea groups is 1. The van der Waals surface area contributed by atoms with Gasteiger partial charge in [-0.2, -0.15) is 0 Å². The van der Waals surface area contributed by atoms with Crippen molar-refractivity contribution >= 4 is 6.03 Å². The quantitative estimate of drug-likeness (QED) is 0.542. The van der Waals surface area contributed by atoms with E-state index < -0.39 is 0 Å². The van der Waals surface area contributed by atoms with E-state index in [0.29, 0.717) is 13.1 Å². The molecule has 0 fully saturated rings. The summed E-state index contributed by atoms with van der Waals surface area (Å²) in [7, 11) is 0. The Morgan fingerprint density at radius 2 is 2.18 bits per heavy atom. The van der Waals surface area contributed by atoms with E-state index in [1.165, 1.54) is 0 Å². The average Bonchev–Trinajstić information content (AvgIpc) is 2.01. The van der Waals surface area contributed by atoms with Crippen LogP contribution in [0.15, 0.2) is 0 Å². The summed E-state index contributed by atoms with van der Waals surface area (Å²) >= 11 is 0. The molecule has 2 amide bonds. The molecule has 11 heavy (non-hydrogen) atoms. The SMILES string of the molecule is CCNC(=O)NC(CC)CN. The van der Waals surface area contributed by atoms with Crippen LogP contribution in [-0.2, 0) is 0 Å². The molecule has 0 aliphatic rings. The number of nitrogens with one attached hydrogen (secondary N) is 2. The Morgan fingerprint density at radius 1 is 1.55 bits per heavy atom. The number of hydrogen-bond donors (Lipinski definition) is 3. The van der Waals surface area contributed by atoms with Gasteiger partial charge in [0, 0.05) is 19.1 Å². The molecule has 66 valence electrons. The fourth-order valence-corrected chi connectivity index (χ4v) is 0.725. The molecule has 0 heterocycles. The predicted molar refractivity (Wildman–Crippen MR) is 45.3 cm³/mol. The van der Waals surface area contributed by atoms with Crippen LogP contribution in [0.1, 0.15) is 20.3 Å². The van der Waals surface area contributed by atoms with Gasteiger partial charge in [0.2, 0.25) is 0 Å². The summed E-state index contributed by atoms with van der Waals surface area (Å²) in [6.45, 7) is 5.01. The second kappa shape index (κ2) is 5.97. The van der Waals surface area contributed by atoms with Crippen LogP contribution in [-0.4, -0.2) is 25.2 Å². The molecule has 4 nitrogen and oxygen atoms in total. The van der Waals surface area contributed by atoms with Gasteiger partial charge in [-0.15, -0.1) is 0 Å². The molecule has 0 aromatic heterocycles. The highest BCUT2D eigenvalue weighted by Gasteiger charge is 2.05. The van der Waals surface area contributed by atoms with Crippen LogP contribution >= 0.6 is 0 Å². The van der Waals surface area contributed by atoms with Gasteiger partial charge in [0.1, 0.15) is 0 Å². The molecule has 0 saturated heterocycles. The van der Waals surface area contributed by atoms with Gasteiger partial charge in [0.05, 0.1) is 0 Å². The molecule has 0 aromatic rings. The van der Waals surface area contributed by atoms with Crippen LogP contribution in [0.5, 0.6) is 0 Å². The molecule has 1 unspecified atom stereocenters. The van der Waals surface area contributed by atoms with Gasteiger partial charge >= 0.3 is 6.03 Å². The Balaban J connectivity index is 3.54. The van der Waals surface area contributed by atoms with Crippen LogP contribution in [0.2, 0.25) is 0 Å². The number of rotatable bonds is 4. The highest BCUT2D eigenvalue weighted by molar-refractivity contribution is 5.74. The summed E-state index contributed by atoms with van der Waals surface area (Å²) in [4.78, 5) is 10.9. The lowest BCUT2D eigenvalue weighted by atomic mass is 10.2. The zero-order valence-corrected chi connectivity index (χ0v) is 7.18. The Kier molecular flexibility index (Phi) is 5.56. The number of amides is 2. The molecular formula is C7H17N3O. The Bertz CT molecular complexity index is 112. The van der Waals surface area contributed by atoms with Crippen molar-refractivity contribution in [3.63, 3.8) is 0 Å². The molecule has 4 heteroatoms. The first-order valence-electron chi connectivity index (χ1n) is 3.99. The zero-order valence-electron chi connectivity index (χ0n) is 7.18. The smallest absolute Gasteiger partial charge is 0.315 e. The molecular weight excluding hydrogens is 142 g/mol. The van der Waals surface area contributed by atoms with Gasteiger partial charge in [0.15, 0.2) is 0 Å². The van der Waals surface area contributed by atoms with E-state index in [9.17, 15) is 4.79 Å². The Hall–Kier alpha value is -0.770. The largest absolute Gasteiger partial charge is 0.338 e. The summed E-state index contributed by atoms with van der Waals surface area (Å²) in [5.41, 5.74) is 5.39. The van der Waals surface area contributed by atoms with Gasteiger partial charge in [-0.25, -0.2) is 4.79 Å². The summed E-state index contributed by atoms with van der Waals surface area (Å²) in [5, 5.41) is 5.38. The minimum atomic E-state index is -0.134. The summed E-state index contributed by atoms with van der Waals surface area (Å²) in [6.07, 6.45) is 0.869. The molecule has 0 radical (unpaired) electrons. The van der Waals surface area contributed by atoms with Gasteiger partial charge in [0.25, 0.3) is 0 Å². The average molecular weight is 159 g/mol. The summed E-state index contributed by atoms with van der Waals surface area (Å²) in [5.74, 6) is 0. The molecule has 0 aromatic carbocycles. The van der Waals surface area contributed by atoms with Crippen LogP contribution < -0.4 is 16.4 Å². The molecule has 4 N–H and O–H groups in total. The van der Waals surface area contributed by atoms with Crippen molar-refractivity contribution in [2.24, 2.45) is 5.73 Å². The van der Waals surface area contributed by atoms with Crippen molar-refractivity contribution in [1.82, 2.24) is 10.6 Å². The summed E-state index contributed by atoms with van der Waals surface area (Å²) in [6, 6.07) is -0.0358. The standard InChI is InChI=1S/C7H17N3O/c1-3-6(5-8)10-7(11)9-4-2/h6H,3-5,8H2,1-2H3,(H2,9,10,11). The van der Waals surface area contributed by atoms with Crippen molar-refractivity contribution < 1.29 is 4.79 Å². The first kappa shape index (κ1) is 10.2. The van der Waals surface area contributed by atoms with Crippen LogP contribution in [0.25, 0.3) is 0 Å². The highest BCUT2D eigenvalue weighted by Crippen LogP contribution is 1.85. The van der Waals surface area contributed by atoms with Crippen molar-refractivity contribution in [3.05, 3.63) is 0 Å². The molecule has 1 atom stereocenters. The second-order valence-electron chi connectivity index (χ2n) is 2.34. The first-order valence-corrected chi connectivity index (χ1v) is 3.99. The maximum absolute atomic E-state index is 10.9. The normalized spacial score (nSPS) is 12.3. The van der Waals surface area contributed by atoms with E-state index in [2.05, 4.69) is 10.6 Å². The highest BCUT2D eigenvalue weighted by atomic mass is 16.2. The van der Waals surface area contributed by atoms with E-state index in [1.807, 2.05) is 13.8 Å². The molecule has 0 saturated carbocycles. The lowest BCUT2D eigenvalue weighted by molar-refractivity contribution is 0.237. The first-order chi connectivity index (χ1) is 5.24. The fraction of sp³-hybridized carbons (Fsp3) is 0.857. The maximum Gasteiger partial charge on any atom is 0.315 e. The van der Waals surface area contributed by atoms with E-state index >= 15 is 0 Å². The molecule has 0 bridgehead atoms. The molecule has 0 aliphatic carbocycles. The van der Waals surface area contributed by atoms with Crippen LogP contribution in [0.4, 0.5) is 4.79 Å². The number of nitrogens with two attached hydrogens (primary N) is 1. The minimum Gasteiger partial charge on any atom is -0.338 e. The number of hydrogen-bond acceptors (Lipinski definition) is 2. The van der Waals surface area contributed by atoms with E-state index in [0.717, 1.165) is 6.42 Å². The molecule has 0 rings (SSSR count). The Morgan fingerprint density at radius 3 is 2.55 bits per heavy atom. The van der Waals surface area contributed by atoms with Crippen molar-refractivity contribution in [3.8, 4) is 0 Å².